The molecule has 0 heterocycles. The van der Waals surface area contributed by atoms with E-state index in [1.54, 1.807) is 7.11 Å². The third-order valence-corrected chi connectivity index (χ3v) is 4.25. The van der Waals surface area contributed by atoms with E-state index in [0.29, 0.717) is 0 Å². The first-order valence-electron chi connectivity index (χ1n) is 6.08. The number of rotatable bonds is 5. The quantitative estimate of drug-likeness (QED) is 0.654. The van der Waals surface area contributed by atoms with Gasteiger partial charge in [0, 0.05) is 18.6 Å². The van der Waals surface area contributed by atoms with Gasteiger partial charge in [-0.15, -0.1) is 12.4 Å². The fourth-order valence-corrected chi connectivity index (χ4v) is 2.22. The number of amides is 2. The summed E-state index contributed by atoms with van der Waals surface area (Å²) in [5.74, 6) is -0.534. The average Bonchev–Trinajstić information content (AvgIpc) is 2.34. The summed E-state index contributed by atoms with van der Waals surface area (Å²) in [6.45, 7) is 6.01. The van der Waals surface area contributed by atoms with Gasteiger partial charge in [-0.05, 0) is 13.3 Å². The van der Waals surface area contributed by atoms with E-state index in [2.05, 4.69) is 24.5 Å². The van der Waals surface area contributed by atoms with Crippen molar-refractivity contribution in [1.82, 2.24) is 10.6 Å². The van der Waals surface area contributed by atoms with Crippen LogP contribution in [0.1, 0.15) is 27.2 Å². The van der Waals surface area contributed by atoms with Crippen LogP contribution in [0.2, 0.25) is 0 Å². The lowest BCUT2D eigenvalue weighted by atomic mass is 9.56. The second-order valence-corrected chi connectivity index (χ2v) is 5.46. The number of ether oxygens (including phenoxy) is 1. The molecule has 0 aromatic heterocycles. The number of nitrogens with one attached hydrogen (secondary N) is 2. The van der Waals surface area contributed by atoms with Gasteiger partial charge in [0.1, 0.15) is 0 Å². The molecule has 112 valence electrons. The molecule has 1 fully saturated rings. The second kappa shape index (κ2) is 6.54. The van der Waals surface area contributed by atoms with Crippen molar-refractivity contribution in [2.75, 3.05) is 20.2 Å². The van der Waals surface area contributed by atoms with Crippen LogP contribution in [-0.2, 0) is 14.3 Å². The second-order valence-electron chi connectivity index (χ2n) is 5.46. The van der Waals surface area contributed by atoms with E-state index in [-0.39, 0.29) is 54.4 Å². The molecule has 0 saturated heterocycles. The minimum atomic E-state index is -0.334. The summed E-state index contributed by atoms with van der Waals surface area (Å²) in [6, 6.07) is 0.0599. The molecule has 0 aromatic rings. The van der Waals surface area contributed by atoms with Crippen molar-refractivity contribution < 1.29 is 14.3 Å². The molecular weight excluding hydrogens is 270 g/mol. The van der Waals surface area contributed by atoms with Crippen molar-refractivity contribution >= 4 is 24.2 Å². The zero-order valence-corrected chi connectivity index (χ0v) is 12.7. The summed E-state index contributed by atoms with van der Waals surface area (Å²) < 4.78 is 5.48. The number of halogens is 1. The predicted octanol–water partition coefficient (Wildman–Crippen LogP) is -0.197. The Hall–Kier alpha value is -0.850. The summed E-state index contributed by atoms with van der Waals surface area (Å²) in [4.78, 5) is 22.6. The molecule has 1 rings (SSSR count). The van der Waals surface area contributed by atoms with Gasteiger partial charge in [0.15, 0.2) is 0 Å². The third-order valence-electron chi connectivity index (χ3n) is 4.25. The van der Waals surface area contributed by atoms with Crippen molar-refractivity contribution in [2.45, 2.75) is 38.8 Å². The molecule has 6 nitrogen and oxygen atoms in total. The molecule has 0 radical (unpaired) electrons. The zero-order valence-electron chi connectivity index (χ0n) is 11.9. The van der Waals surface area contributed by atoms with E-state index < -0.39 is 0 Å². The maximum Gasteiger partial charge on any atom is 0.239 e. The average molecular weight is 294 g/mol. The Morgan fingerprint density at radius 1 is 1.32 bits per heavy atom. The van der Waals surface area contributed by atoms with Crippen LogP contribution >= 0.6 is 12.4 Å². The van der Waals surface area contributed by atoms with Crippen LogP contribution in [0.15, 0.2) is 0 Å². The van der Waals surface area contributed by atoms with Crippen LogP contribution < -0.4 is 16.4 Å². The number of hydrogen-bond donors (Lipinski definition) is 3. The Labute approximate surface area is 120 Å². The molecule has 1 aliphatic rings. The van der Waals surface area contributed by atoms with Gasteiger partial charge in [-0.3, -0.25) is 9.59 Å². The highest BCUT2D eigenvalue weighted by Gasteiger charge is 2.58. The molecular formula is C12H24ClN3O3. The molecule has 2 unspecified atom stereocenters. The minimum absolute atomic E-state index is 0. The molecule has 0 bridgehead atoms. The van der Waals surface area contributed by atoms with Crippen LogP contribution in [0.5, 0.6) is 0 Å². The summed E-state index contributed by atoms with van der Waals surface area (Å²) >= 11 is 0. The predicted molar refractivity (Wildman–Crippen MR) is 75.1 cm³/mol. The number of methoxy groups -OCH3 is 1. The maximum absolute atomic E-state index is 11.6. The van der Waals surface area contributed by atoms with Crippen LogP contribution in [-0.4, -0.2) is 43.7 Å². The van der Waals surface area contributed by atoms with E-state index in [0.717, 1.165) is 6.42 Å². The summed E-state index contributed by atoms with van der Waals surface area (Å²) in [5, 5.41) is 5.34. The number of carbonyl (C=O) groups is 2. The Balaban J connectivity index is 0.00000324. The molecule has 0 spiro atoms. The summed E-state index contributed by atoms with van der Waals surface area (Å²) in [5.41, 5.74) is 4.79. The monoisotopic (exact) mass is 293 g/mol. The van der Waals surface area contributed by atoms with Crippen LogP contribution in [0.3, 0.4) is 0 Å². The molecule has 1 aliphatic carbocycles. The number of carbonyl (C=O) groups excluding carboxylic acids is 2. The van der Waals surface area contributed by atoms with Gasteiger partial charge in [-0.1, -0.05) is 13.8 Å². The lowest BCUT2D eigenvalue weighted by Crippen LogP contribution is -2.69. The van der Waals surface area contributed by atoms with E-state index in [4.69, 9.17) is 10.5 Å². The largest absolute Gasteiger partial charge is 0.378 e. The Morgan fingerprint density at radius 3 is 2.32 bits per heavy atom. The molecule has 0 aromatic carbocycles. The number of hydrogen-bond acceptors (Lipinski definition) is 4. The van der Waals surface area contributed by atoms with Crippen molar-refractivity contribution in [3.05, 3.63) is 0 Å². The van der Waals surface area contributed by atoms with Gasteiger partial charge in [0.05, 0.1) is 18.7 Å². The highest BCUT2D eigenvalue weighted by atomic mass is 35.5. The molecule has 19 heavy (non-hydrogen) atoms. The summed E-state index contributed by atoms with van der Waals surface area (Å²) in [6.07, 6.45) is 0.771. The van der Waals surface area contributed by atoms with Crippen molar-refractivity contribution in [2.24, 2.45) is 11.1 Å². The third kappa shape index (κ3) is 3.58. The van der Waals surface area contributed by atoms with Crippen LogP contribution in [0, 0.1) is 5.41 Å². The van der Waals surface area contributed by atoms with Gasteiger partial charge in [0.2, 0.25) is 11.8 Å². The zero-order chi connectivity index (χ0) is 14.0. The normalized spacial score (nSPS) is 27.7. The highest BCUT2D eigenvalue weighted by Crippen LogP contribution is 2.51. The molecule has 2 amide bonds. The lowest BCUT2D eigenvalue weighted by molar-refractivity contribution is -0.182. The van der Waals surface area contributed by atoms with E-state index in [1.165, 1.54) is 0 Å². The SMILES string of the molecule is COC1(C)CC(NC(=O)CNC(=O)CN)C1(C)C.Cl. The van der Waals surface area contributed by atoms with Gasteiger partial charge in [-0.25, -0.2) is 0 Å². The lowest BCUT2D eigenvalue weighted by Gasteiger charge is -2.59. The minimum Gasteiger partial charge on any atom is -0.378 e. The molecule has 1 saturated carbocycles. The standard InChI is InChI=1S/C12H23N3O3.ClH/c1-11(2)8(5-12(11,3)18-4)15-10(17)7-14-9(16)6-13;/h8H,5-7,13H2,1-4H3,(H,14,16)(H,15,17);1H. The van der Waals surface area contributed by atoms with Gasteiger partial charge in [0.25, 0.3) is 0 Å². The Bertz CT molecular complexity index is 349. The van der Waals surface area contributed by atoms with Crippen molar-refractivity contribution in [1.29, 1.82) is 0 Å². The Kier molecular flexibility index (Phi) is 6.25. The van der Waals surface area contributed by atoms with Gasteiger partial charge < -0.3 is 21.1 Å². The fraction of sp³-hybridized carbons (Fsp3) is 0.833. The van der Waals surface area contributed by atoms with Gasteiger partial charge in [-0.2, -0.15) is 0 Å². The van der Waals surface area contributed by atoms with Crippen LogP contribution in [0.4, 0.5) is 0 Å². The fourth-order valence-electron chi connectivity index (χ4n) is 2.22. The maximum atomic E-state index is 11.6. The summed E-state index contributed by atoms with van der Waals surface area (Å²) in [7, 11) is 1.68. The van der Waals surface area contributed by atoms with E-state index in [9.17, 15) is 9.59 Å². The molecule has 0 aliphatic heterocycles. The molecule has 7 heteroatoms. The smallest absolute Gasteiger partial charge is 0.239 e. The van der Waals surface area contributed by atoms with Crippen LogP contribution in [0.25, 0.3) is 0 Å². The first kappa shape index (κ1) is 18.1. The molecule has 4 N–H and O–H groups in total. The van der Waals surface area contributed by atoms with Gasteiger partial charge >= 0.3 is 0 Å². The first-order valence-corrected chi connectivity index (χ1v) is 6.08. The highest BCUT2D eigenvalue weighted by molar-refractivity contribution is 5.86. The number of nitrogens with two attached hydrogens (primary N) is 1. The van der Waals surface area contributed by atoms with E-state index >= 15 is 0 Å². The van der Waals surface area contributed by atoms with E-state index in [1.807, 2.05) is 6.92 Å². The molecule has 2 atom stereocenters. The van der Waals surface area contributed by atoms with Crippen molar-refractivity contribution in [3.63, 3.8) is 0 Å². The topological polar surface area (TPSA) is 93.5 Å². The van der Waals surface area contributed by atoms with Crippen molar-refractivity contribution in [3.8, 4) is 0 Å². The first-order chi connectivity index (χ1) is 8.26. The Morgan fingerprint density at radius 2 is 1.89 bits per heavy atom.